The third kappa shape index (κ3) is 4.77. The van der Waals surface area contributed by atoms with Crippen LogP contribution in [-0.4, -0.2) is 36.1 Å². The number of amides is 1. The minimum absolute atomic E-state index is 0.345. The van der Waals surface area contributed by atoms with E-state index in [4.69, 9.17) is 5.11 Å². The molecule has 116 valence electrons. The molecule has 1 aromatic carbocycles. The topological polar surface area (TPSA) is 69.6 Å². The largest absolute Gasteiger partial charge is 0.480 e. The van der Waals surface area contributed by atoms with E-state index >= 15 is 0 Å². The SMILES string of the molecule is CCC[C@H](NC(=O)c1ccc(N(CC)CC)cc1)C(=O)O. The molecule has 0 aliphatic heterocycles. The summed E-state index contributed by atoms with van der Waals surface area (Å²) in [7, 11) is 0. The standard InChI is InChI=1S/C16H24N2O3/c1-4-7-14(16(20)21)17-15(19)12-8-10-13(11-9-12)18(5-2)6-3/h8-11,14H,4-7H2,1-3H3,(H,17,19)(H,20,21)/t14-/m0/s1. The molecule has 0 fully saturated rings. The van der Waals surface area contributed by atoms with E-state index < -0.39 is 12.0 Å². The number of carboxylic acid groups (broad SMARTS) is 1. The Hall–Kier alpha value is -2.04. The lowest BCUT2D eigenvalue weighted by atomic mass is 10.1. The van der Waals surface area contributed by atoms with Gasteiger partial charge in [-0.15, -0.1) is 0 Å². The molecule has 0 radical (unpaired) electrons. The van der Waals surface area contributed by atoms with Gasteiger partial charge < -0.3 is 15.3 Å². The molecule has 2 N–H and O–H groups in total. The molecule has 0 heterocycles. The second kappa shape index (κ2) is 8.29. The molecular formula is C16H24N2O3. The summed E-state index contributed by atoms with van der Waals surface area (Å²) < 4.78 is 0. The maximum atomic E-state index is 12.1. The number of carbonyl (C=O) groups is 2. The zero-order valence-corrected chi connectivity index (χ0v) is 12.9. The summed E-state index contributed by atoms with van der Waals surface area (Å²) in [6, 6.07) is 6.40. The summed E-state index contributed by atoms with van der Waals surface area (Å²) in [4.78, 5) is 25.3. The van der Waals surface area contributed by atoms with Gasteiger partial charge in [-0.1, -0.05) is 13.3 Å². The van der Waals surface area contributed by atoms with Gasteiger partial charge in [-0.3, -0.25) is 4.79 Å². The van der Waals surface area contributed by atoms with E-state index in [0.29, 0.717) is 18.4 Å². The molecule has 21 heavy (non-hydrogen) atoms. The molecule has 1 rings (SSSR count). The summed E-state index contributed by atoms with van der Waals surface area (Å²) in [5, 5.41) is 11.6. The van der Waals surface area contributed by atoms with E-state index in [2.05, 4.69) is 24.1 Å². The van der Waals surface area contributed by atoms with Crippen molar-refractivity contribution in [1.29, 1.82) is 0 Å². The molecule has 1 atom stereocenters. The predicted octanol–water partition coefficient (Wildman–Crippen LogP) is 2.52. The van der Waals surface area contributed by atoms with Crippen LogP contribution in [0.4, 0.5) is 5.69 Å². The van der Waals surface area contributed by atoms with E-state index in [1.807, 2.05) is 19.1 Å². The van der Waals surface area contributed by atoms with E-state index in [0.717, 1.165) is 18.8 Å². The Morgan fingerprint density at radius 3 is 2.14 bits per heavy atom. The van der Waals surface area contributed by atoms with Crippen LogP contribution in [0, 0.1) is 0 Å². The fraction of sp³-hybridized carbons (Fsp3) is 0.500. The number of nitrogens with zero attached hydrogens (tertiary/aromatic N) is 1. The molecule has 1 amide bonds. The molecule has 5 nitrogen and oxygen atoms in total. The lowest BCUT2D eigenvalue weighted by Crippen LogP contribution is -2.40. The van der Waals surface area contributed by atoms with Crippen molar-refractivity contribution in [3.8, 4) is 0 Å². The summed E-state index contributed by atoms with van der Waals surface area (Å²) in [6.45, 7) is 7.85. The first-order valence-corrected chi connectivity index (χ1v) is 7.42. The highest BCUT2D eigenvalue weighted by atomic mass is 16.4. The van der Waals surface area contributed by atoms with Crippen molar-refractivity contribution in [2.24, 2.45) is 0 Å². The van der Waals surface area contributed by atoms with Gasteiger partial charge in [0.1, 0.15) is 6.04 Å². The van der Waals surface area contributed by atoms with Crippen LogP contribution in [0.3, 0.4) is 0 Å². The summed E-state index contributed by atoms with van der Waals surface area (Å²) in [5.74, 6) is -1.34. The number of anilines is 1. The third-order valence-corrected chi connectivity index (χ3v) is 3.44. The molecule has 0 aromatic heterocycles. The van der Waals surface area contributed by atoms with Crippen LogP contribution in [0.25, 0.3) is 0 Å². The zero-order chi connectivity index (χ0) is 15.8. The fourth-order valence-corrected chi connectivity index (χ4v) is 2.20. The summed E-state index contributed by atoms with van der Waals surface area (Å²) in [6.07, 6.45) is 1.14. The van der Waals surface area contributed by atoms with Gasteiger partial charge in [0, 0.05) is 24.3 Å². The van der Waals surface area contributed by atoms with Crippen molar-refractivity contribution >= 4 is 17.6 Å². The number of rotatable bonds is 8. The lowest BCUT2D eigenvalue weighted by molar-refractivity contribution is -0.139. The van der Waals surface area contributed by atoms with Gasteiger partial charge in [-0.2, -0.15) is 0 Å². The number of aliphatic carboxylic acids is 1. The maximum Gasteiger partial charge on any atom is 0.326 e. The molecule has 0 saturated heterocycles. The molecule has 0 aliphatic carbocycles. The van der Waals surface area contributed by atoms with Crippen molar-refractivity contribution in [1.82, 2.24) is 5.32 Å². The van der Waals surface area contributed by atoms with E-state index in [-0.39, 0.29) is 5.91 Å². The Bertz CT molecular complexity index is 467. The fourth-order valence-electron chi connectivity index (χ4n) is 2.20. The average Bonchev–Trinajstić information content (AvgIpc) is 2.48. The number of carboxylic acids is 1. The second-order valence-electron chi connectivity index (χ2n) is 4.87. The van der Waals surface area contributed by atoms with Crippen LogP contribution in [0.15, 0.2) is 24.3 Å². The number of hydrogen-bond acceptors (Lipinski definition) is 3. The van der Waals surface area contributed by atoms with Crippen molar-refractivity contribution in [2.45, 2.75) is 39.7 Å². The van der Waals surface area contributed by atoms with Crippen molar-refractivity contribution in [2.75, 3.05) is 18.0 Å². The van der Waals surface area contributed by atoms with Gasteiger partial charge in [0.2, 0.25) is 0 Å². The van der Waals surface area contributed by atoms with Gasteiger partial charge >= 0.3 is 5.97 Å². The summed E-state index contributed by atoms with van der Waals surface area (Å²) in [5.41, 5.74) is 1.54. The Balaban J connectivity index is 2.77. The smallest absolute Gasteiger partial charge is 0.326 e. The Morgan fingerprint density at radius 1 is 1.14 bits per heavy atom. The van der Waals surface area contributed by atoms with Crippen LogP contribution in [0.2, 0.25) is 0 Å². The molecule has 0 saturated carbocycles. The average molecular weight is 292 g/mol. The van der Waals surface area contributed by atoms with E-state index in [9.17, 15) is 9.59 Å². The summed E-state index contributed by atoms with van der Waals surface area (Å²) >= 11 is 0. The quantitative estimate of drug-likeness (QED) is 0.772. The monoisotopic (exact) mass is 292 g/mol. The minimum Gasteiger partial charge on any atom is -0.480 e. The number of benzene rings is 1. The lowest BCUT2D eigenvalue weighted by Gasteiger charge is -2.21. The van der Waals surface area contributed by atoms with Gasteiger partial charge in [0.15, 0.2) is 0 Å². The van der Waals surface area contributed by atoms with Crippen molar-refractivity contribution in [3.05, 3.63) is 29.8 Å². The number of hydrogen-bond donors (Lipinski definition) is 2. The second-order valence-corrected chi connectivity index (χ2v) is 4.87. The predicted molar refractivity (Wildman–Crippen MR) is 83.8 cm³/mol. The maximum absolute atomic E-state index is 12.1. The van der Waals surface area contributed by atoms with Crippen LogP contribution in [-0.2, 0) is 4.79 Å². The van der Waals surface area contributed by atoms with Gasteiger partial charge in [0.05, 0.1) is 0 Å². The zero-order valence-electron chi connectivity index (χ0n) is 12.9. The first-order valence-electron chi connectivity index (χ1n) is 7.42. The van der Waals surface area contributed by atoms with Gasteiger partial charge in [-0.25, -0.2) is 4.79 Å². The molecule has 0 unspecified atom stereocenters. The van der Waals surface area contributed by atoms with Crippen LogP contribution >= 0.6 is 0 Å². The molecule has 0 bridgehead atoms. The first-order chi connectivity index (χ1) is 10.0. The van der Waals surface area contributed by atoms with Crippen molar-refractivity contribution < 1.29 is 14.7 Å². The highest BCUT2D eigenvalue weighted by Gasteiger charge is 2.19. The highest BCUT2D eigenvalue weighted by molar-refractivity contribution is 5.96. The highest BCUT2D eigenvalue weighted by Crippen LogP contribution is 2.15. The molecular weight excluding hydrogens is 268 g/mol. The van der Waals surface area contributed by atoms with Crippen molar-refractivity contribution in [3.63, 3.8) is 0 Å². The molecule has 1 aromatic rings. The first kappa shape index (κ1) is 17.0. The van der Waals surface area contributed by atoms with Crippen LogP contribution in [0.5, 0.6) is 0 Å². The third-order valence-electron chi connectivity index (χ3n) is 3.44. The van der Waals surface area contributed by atoms with Gasteiger partial charge in [0.25, 0.3) is 5.91 Å². The Morgan fingerprint density at radius 2 is 1.71 bits per heavy atom. The van der Waals surface area contributed by atoms with Crippen LogP contribution < -0.4 is 10.2 Å². The molecule has 0 spiro atoms. The molecule has 0 aliphatic rings. The number of carbonyl (C=O) groups excluding carboxylic acids is 1. The minimum atomic E-state index is -0.995. The van der Waals surface area contributed by atoms with E-state index in [1.165, 1.54) is 0 Å². The Kier molecular flexibility index (Phi) is 6.72. The van der Waals surface area contributed by atoms with E-state index in [1.54, 1.807) is 12.1 Å². The van der Waals surface area contributed by atoms with Crippen LogP contribution in [0.1, 0.15) is 44.0 Å². The molecule has 5 heteroatoms. The Labute approximate surface area is 126 Å². The van der Waals surface area contributed by atoms with Gasteiger partial charge in [-0.05, 0) is 44.5 Å². The number of nitrogens with one attached hydrogen (secondary N) is 1. The normalized spacial score (nSPS) is 11.8.